The van der Waals surface area contributed by atoms with E-state index in [4.69, 9.17) is 9.84 Å². The number of likely N-dealkylation sites (tertiary alicyclic amines) is 1. The second kappa shape index (κ2) is 9.04. The van der Waals surface area contributed by atoms with Gasteiger partial charge in [0.1, 0.15) is 5.60 Å². The van der Waals surface area contributed by atoms with Crippen LogP contribution in [0.1, 0.15) is 62.3 Å². The summed E-state index contributed by atoms with van der Waals surface area (Å²) in [6.07, 6.45) is -0.269. The summed E-state index contributed by atoms with van der Waals surface area (Å²) in [5.74, 6) is -0.368. The molecule has 37 heavy (non-hydrogen) atoms. The molecule has 9 nitrogen and oxygen atoms in total. The third kappa shape index (κ3) is 4.74. The lowest BCUT2D eigenvalue weighted by molar-refractivity contribution is 0.0282. The number of hydrogen-bond donors (Lipinski definition) is 1. The van der Waals surface area contributed by atoms with Crippen LogP contribution in [0.2, 0.25) is 0 Å². The van der Waals surface area contributed by atoms with E-state index in [1.807, 2.05) is 52.0 Å². The Kier molecular flexibility index (Phi) is 6.12. The Morgan fingerprint density at radius 2 is 1.76 bits per heavy atom. The fourth-order valence-electron chi connectivity index (χ4n) is 5.49. The molecule has 0 aliphatic carbocycles. The van der Waals surface area contributed by atoms with Gasteiger partial charge in [-0.1, -0.05) is 26.0 Å². The Bertz CT molecular complexity index is 1360. The van der Waals surface area contributed by atoms with Crippen LogP contribution in [0.25, 0.3) is 16.7 Å². The molecule has 0 radical (unpaired) electrons. The van der Waals surface area contributed by atoms with Crippen LogP contribution in [0.5, 0.6) is 0 Å². The van der Waals surface area contributed by atoms with Crippen molar-refractivity contribution in [1.82, 2.24) is 19.7 Å². The minimum absolute atomic E-state index is 0.000880. The molecule has 196 valence electrons. The minimum Gasteiger partial charge on any atom is -0.477 e. The van der Waals surface area contributed by atoms with E-state index in [0.717, 1.165) is 41.1 Å². The number of nitrogens with zero attached hydrogens (tertiary/aromatic N) is 5. The number of carboxylic acids is 1. The van der Waals surface area contributed by atoms with Gasteiger partial charge >= 0.3 is 12.1 Å². The molecule has 5 rings (SSSR count). The lowest BCUT2D eigenvalue weighted by Gasteiger charge is -2.27. The Morgan fingerprint density at radius 3 is 2.32 bits per heavy atom. The second-order valence-corrected chi connectivity index (χ2v) is 11.6. The van der Waals surface area contributed by atoms with Crippen LogP contribution in [0.4, 0.5) is 10.5 Å². The summed E-state index contributed by atoms with van der Waals surface area (Å²) in [6.45, 7) is 14.6. The number of ether oxygens (including phenoxy) is 1. The zero-order valence-electron chi connectivity index (χ0n) is 22.4. The molecule has 1 N–H and O–H groups in total. The largest absolute Gasteiger partial charge is 0.477 e. The maximum Gasteiger partial charge on any atom is 0.410 e. The Balaban J connectivity index is 1.53. The summed E-state index contributed by atoms with van der Waals surface area (Å²) in [6, 6.07) is 9.66. The zero-order chi connectivity index (χ0) is 26.6. The highest BCUT2D eigenvalue weighted by Gasteiger charge is 2.43. The Hall–Kier alpha value is -3.62. The van der Waals surface area contributed by atoms with Crippen LogP contribution in [-0.2, 0) is 4.74 Å². The predicted molar refractivity (Wildman–Crippen MR) is 142 cm³/mol. The number of carbonyl (C=O) groups is 2. The highest BCUT2D eigenvalue weighted by molar-refractivity contribution is 5.98. The van der Waals surface area contributed by atoms with E-state index in [1.54, 1.807) is 15.6 Å². The van der Waals surface area contributed by atoms with Crippen LogP contribution >= 0.6 is 0 Å². The number of amides is 1. The van der Waals surface area contributed by atoms with Gasteiger partial charge in [-0.3, -0.25) is 0 Å². The minimum atomic E-state index is -1.07. The van der Waals surface area contributed by atoms with Crippen LogP contribution in [0.3, 0.4) is 0 Å². The monoisotopic (exact) mass is 505 g/mol. The highest BCUT2D eigenvalue weighted by Crippen LogP contribution is 2.40. The van der Waals surface area contributed by atoms with Crippen molar-refractivity contribution in [2.24, 2.45) is 11.8 Å². The van der Waals surface area contributed by atoms with Gasteiger partial charge in [0.25, 0.3) is 0 Å². The maximum absolute atomic E-state index is 12.6. The predicted octanol–water partition coefficient (Wildman–Crippen LogP) is 4.85. The first-order chi connectivity index (χ1) is 17.4. The SMILES string of the molecule is Cc1cccc(-n2nc(C(C)C)c3c(N4CC5CN(C(=O)OC(C)(C)C)CC5C4)cc(C(=O)O)nc32)c1. The first-order valence-electron chi connectivity index (χ1n) is 12.9. The number of carboxylic acid groups (broad SMARTS) is 1. The molecule has 1 amide bonds. The average molecular weight is 506 g/mol. The van der Waals surface area contributed by atoms with Gasteiger partial charge in [-0.2, -0.15) is 5.10 Å². The average Bonchev–Trinajstić information content (AvgIpc) is 3.48. The van der Waals surface area contributed by atoms with E-state index in [0.29, 0.717) is 30.6 Å². The highest BCUT2D eigenvalue weighted by atomic mass is 16.6. The smallest absolute Gasteiger partial charge is 0.410 e. The van der Waals surface area contributed by atoms with Crippen molar-refractivity contribution in [1.29, 1.82) is 0 Å². The molecule has 2 saturated heterocycles. The number of hydrogen-bond acceptors (Lipinski definition) is 6. The Labute approximate surface area is 217 Å². The molecule has 2 unspecified atom stereocenters. The molecule has 2 aliphatic heterocycles. The van der Waals surface area contributed by atoms with Gasteiger partial charge in [0, 0.05) is 38.0 Å². The van der Waals surface area contributed by atoms with Crippen LogP contribution < -0.4 is 4.90 Å². The number of anilines is 1. The maximum atomic E-state index is 12.6. The lowest BCUT2D eigenvalue weighted by Crippen LogP contribution is -2.37. The second-order valence-electron chi connectivity index (χ2n) is 11.6. The molecule has 0 bridgehead atoms. The number of fused-ring (bicyclic) bond motifs is 2. The third-order valence-corrected chi connectivity index (χ3v) is 7.13. The van der Waals surface area contributed by atoms with Gasteiger partial charge in [-0.25, -0.2) is 19.3 Å². The summed E-state index contributed by atoms with van der Waals surface area (Å²) in [4.78, 5) is 33.4. The molecular formula is C28H35N5O4. The quantitative estimate of drug-likeness (QED) is 0.541. The number of rotatable bonds is 4. The molecule has 0 spiro atoms. The topological polar surface area (TPSA) is 101 Å². The summed E-state index contributed by atoms with van der Waals surface area (Å²) < 4.78 is 7.35. The van der Waals surface area contributed by atoms with E-state index < -0.39 is 11.6 Å². The van der Waals surface area contributed by atoms with Gasteiger partial charge in [-0.05, 0) is 57.4 Å². The molecule has 1 aromatic carbocycles. The number of carbonyl (C=O) groups excluding carboxylic acids is 1. The van der Waals surface area contributed by atoms with Crippen molar-refractivity contribution in [2.45, 2.75) is 53.1 Å². The van der Waals surface area contributed by atoms with Crippen molar-refractivity contribution in [2.75, 3.05) is 31.1 Å². The van der Waals surface area contributed by atoms with E-state index in [2.05, 4.69) is 23.7 Å². The first kappa shape index (κ1) is 25.0. The van der Waals surface area contributed by atoms with Gasteiger partial charge in [-0.15, -0.1) is 0 Å². The van der Waals surface area contributed by atoms with E-state index in [-0.39, 0.29) is 17.7 Å². The standard InChI is InChI=1S/C28H35N5O4/c1-16(2)24-23-22(31-12-18-14-32(15-19(18)13-31)27(36)37-28(4,5)6)11-21(26(34)35)29-25(23)33(30-24)20-9-7-8-17(3)10-20/h7-11,16,18-19H,12-15H2,1-6H3,(H,34,35). The van der Waals surface area contributed by atoms with E-state index >= 15 is 0 Å². The molecule has 3 aromatic rings. The molecule has 2 fully saturated rings. The summed E-state index contributed by atoms with van der Waals surface area (Å²) in [7, 11) is 0. The normalized spacial score (nSPS) is 19.6. The molecule has 9 heteroatoms. The summed E-state index contributed by atoms with van der Waals surface area (Å²) in [5, 5.41) is 15.7. The molecule has 0 saturated carbocycles. The van der Waals surface area contributed by atoms with Gasteiger partial charge in [0.2, 0.25) is 0 Å². The van der Waals surface area contributed by atoms with Gasteiger partial charge in [0.15, 0.2) is 11.3 Å². The fourth-order valence-corrected chi connectivity index (χ4v) is 5.49. The number of aryl methyl sites for hydroxylation is 1. The molecule has 4 heterocycles. The number of benzene rings is 1. The van der Waals surface area contributed by atoms with Gasteiger partial charge in [0.05, 0.1) is 22.5 Å². The Morgan fingerprint density at radius 1 is 1.08 bits per heavy atom. The van der Waals surface area contributed by atoms with Crippen molar-refractivity contribution in [3.63, 3.8) is 0 Å². The van der Waals surface area contributed by atoms with Gasteiger partial charge < -0.3 is 19.6 Å². The number of aromatic carboxylic acids is 1. The van der Waals surface area contributed by atoms with Crippen LogP contribution in [0.15, 0.2) is 30.3 Å². The van der Waals surface area contributed by atoms with E-state index in [1.165, 1.54) is 0 Å². The fraction of sp³-hybridized carbons (Fsp3) is 0.500. The van der Waals surface area contributed by atoms with Crippen LogP contribution in [0, 0.1) is 18.8 Å². The van der Waals surface area contributed by atoms with Crippen molar-refractivity contribution in [3.05, 3.63) is 47.3 Å². The molecule has 2 aliphatic rings. The van der Waals surface area contributed by atoms with E-state index in [9.17, 15) is 14.7 Å². The molecule has 2 atom stereocenters. The third-order valence-electron chi connectivity index (χ3n) is 7.13. The zero-order valence-corrected chi connectivity index (χ0v) is 22.4. The number of pyridine rings is 1. The van der Waals surface area contributed by atoms with Crippen molar-refractivity contribution >= 4 is 28.8 Å². The summed E-state index contributed by atoms with van der Waals surface area (Å²) in [5.41, 5.74) is 3.71. The summed E-state index contributed by atoms with van der Waals surface area (Å²) >= 11 is 0. The molecule has 2 aromatic heterocycles. The number of aromatic nitrogens is 3. The first-order valence-corrected chi connectivity index (χ1v) is 12.9. The lowest BCUT2D eigenvalue weighted by atomic mass is 10.0. The van der Waals surface area contributed by atoms with Crippen LogP contribution in [-0.4, -0.2) is 68.6 Å². The van der Waals surface area contributed by atoms with Crippen molar-refractivity contribution < 1.29 is 19.4 Å². The molecular weight excluding hydrogens is 470 g/mol. The van der Waals surface area contributed by atoms with Crippen molar-refractivity contribution in [3.8, 4) is 5.69 Å².